The molecule has 1 N–H and O–H groups in total. The summed E-state index contributed by atoms with van der Waals surface area (Å²) in [7, 11) is 1.28. The third-order valence-electron chi connectivity index (χ3n) is 2.29. The second-order valence-corrected chi connectivity index (χ2v) is 3.61. The third kappa shape index (κ3) is 2.24. The molecule has 0 fully saturated rings. The van der Waals surface area contributed by atoms with Gasteiger partial charge in [-0.25, -0.2) is 13.8 Å². The number of imidazole rings is 1. The van der Waals surface area contributed by atoms with Gasteiger partial charge in [0.25, 0.3) is 0 Å². The predicted octanol–water partition coefficient (Wildman–Crippen LogP) is 3.10. The second kappa shape index (κ2) is 4.71. The zero-order chi connectivity index (χ0) is 12.4. The molecule has 6 heteroatoms. The normalized spacial score (nSPS) is 10.6. The molecule has 17 heavy (non-hydrogen) atoms. The summed E-state index contributed by atoms with van der Waals surface area (Å²) >= 11 is 5.56. The number of nitrogens with one attached hydrogen (secondary N) is 1. The van der Waals surface area contributed by atoms with Gasteiger partial charge in [0.05, 0.1) is 24.9 Å². The number of methoxy groups -OCH3 is 1. The molecule has 0 amide bonds. The highest BCUT2D eigenvalue weighted by atomic mass is 35.5. The van der Waals surface area contributed by atoms with Crippen LogP contribution >= 0.6 is 11.6 Å². The van der Waals surface area contributed by atoms with Gasteiger partial charge < -0.3 is 9.72 Å². The highest BCUT2D eigenvalue weighted by molar-refractivity contribution is 6.16. The van der Waals surface area contributed by atoms with E-state index in [0.717, 1.165) is 12.1 Å². The van der Waals surface area contributed by atoms with E-state index in [1.807, 2.05) is 0 Å². The Balaban J connectivity index is 2.48. The monoisotopic (exact) mass is 258 g/mol. The van der Waals surface area contributed by atoms with Crippen molar-refractivity contribution in [1.29, 1.82) is 0 Å². The Labute approximate surface area is 101 Å². The van der Waals surface area contributed by atoms with Crippen molar-refractivity contribution in [3.63, 3.8) is 0 Å². The molecule has 0 unspecified atom stereocenters. The number of aromatic nitrogens is 2. The van der Waals surface area contributed by atoms with Crippen molar-refractivity contribution in [2.45, 2.75) is 5.88 Å². The Kier molecular flexibility index (Phi) is 3.28. The zero-order valence-electron chi connectivity index (χ0n) is 8.93. The summed E-state index contributed by atoms with van der Waals surface area (Å²) in [6.07, 6.45) is 1.40. The molecule has 0 saturated heterocycles. The first kappa shape index (κ1) is 11.9. The molecule has 1 heterocycles. The molecule has 0 atom stereocenters. The topological polar surface area (TPSA) is 37.9 Å². The molecule has 1 aromatic heterocycles. The summed E-state index contributed by atoms with van der Waals surface area (Å²) in [5.74, 6) is -0.681. The first-order chi connectivity index (χ1) is 8.15. The lowest BCUT2D eigenvalue weighted by atomic mass is 10.1. The fraction of sp³-hybridized carbons (Fsp3) is 0.182. The second-order valence-electron chi connectivity index (χ2n) is 3.34. The number of ether oxygens (including phenoxy) is 1. The van der Waals surface area contributed by atoms with Gasteiger partial charge in [-0.05, 0) is 6.07 Å². The van der Waals surface area contributed by atoms with Crippen LogP contribution in [0.15, 0.2) is 18.3 Å². The lowest BCUT2D eigenvalue weighted by Crippen LogP contribution is -1.93. The average Bonchev–Trinajstić information content (AvgIpc) is 2.80. The maximum Gasteiger partial charge on any atom is 0.165 e. The molecule has 2 rings (SSSR count). The molecule has 0 aliphatic rings. The van der Waals surface area contributed by atoms with Crippen molar-refractivity contribution in [3.05, 3.63) is 35.8 Å². The van der Waals surface area contributed by atoms with Gasteiger partial charge >= 0.3 is 0 Å². The van der Waals surface area contributed by atoms with Crippen LogP contribution in [0.4, 0.5) is 8.78 Å². The molecule has 0 aliphatic heterocycles. The highest BCUT2D eigenvalue weighted by Gasteiger charge is 2.13. The van der Waals surface area contributed by atoms with Crippen LogP contribution in [0.25, 0.3) is 11.3 Å². The predicted molar refractivity (Wildman–Crippen MR) is 60.0 cm³/mol. The van der Waals surface area contributed by atoms with Gasteiger partial charge in [-0.3, -0.25) is 0 Å². The Morgan fingerprint density at radius 2 is 2.12 bits per heavy atom. The molecule has 0 aliphatic carbocycles. The molecule has 0 saturated carbocycles. The molecule has 90 valence electrons. The minimum absolute atomic E-state index is 0.0900. The van der Waals surface area contributed by atoms with Crippen molar-refractivity contribution >= 4 is 11.6 Å². The molecule has 0 radical (unpaired) electrons. The molecular weight excluding hydrogens is 250 g/mol. The van der Waals surface area contributed by atoms with E-state index in [-0.39, 0.29) is 17.2 Å². The standard InChI is InChI=1S/C11H9ClF2N2O/c1-17-10-3-7(13)6(2-8(10)14)9-5-15-11(4-12)16-9/h2-3,5H,4H2,1H3,(H,15,16). The van der Waals surface area contributed by atoms with Gasteiger partial charge in [0.15, 0.2) is 11.6 Å². The van der Waals surface area contributed by atoms with Crippen LogP contribution in [-0.2, 0) is 5.88 Å². The fourth-order valence-corrected chi connectivity index (χ4v) is 1.59. The molecule has 0 spiro atoms. The van der Waals surface area contributed by atoms with E-state index in [1.165, 1.54) is 13.3 Å². The first-order valence-corrected chi connectivity index (χ1v) is 5.32. The lowest BCUT2D eigenvalue weighted by Gasteiger charge is -2.05. The summed E-state index contributed by atoms with van der Waals surface area (Å²) in [6.45, 7) is 0. The summed E-state index contributed by atoms with van der Waals surface area (Å²) in [5, 5.41) is 0. The van der Waals surface area contributed by atoms with Crippen molar-refractivity contribution in [2.75, 3.05) is 7.11 Å². The van der Waals surface area contributed by atoms with Gasteiger partial charge in [0.2, 0.25) is 0 Å². The number of nitrogens with zero attached hydrogens (tertiary/aromatic N) is 1. The summed E-state index contributed by atoms with van der Waals surface area (Å²) < 4.78 is 31.8. The average molecular weight is 259 g/mol. The number of aromatic amines is 1. The van der Waals surface area contributed by atoms with Crippen LogP contribution in [0, 0.1) is 11.6 Å². The van der Waals surface area contributed by atoms with Crippen molar-refractivity contribution < 1.29 is 13.5 Å². The summed E-state index contributed by atoms with van der Waals surface area (Å²) in [5.41, 5.74) is 0.465. The zero-order valence-corrected chi connectivity index (χ0v) is 9.68. The maximum absolute atomic E-state index is 13.7. The Bertz CT molecular complexity index is 542. The van der Waals surface area contributed by atoms with Gasteiger partial charge in [0.1, 0.15) is 11.6 Å². The van der Waals surface area contributed by atoms with E-state index in [9.17, 15) is 8.78 Å². The Morgan fingerprint density at radius 3 is 2.71 bits per heavy atom. The van der Waals surface area contributed by atoms with E-state index in [2.05, 4.69) is 14.7 Å². The van der Waals surface area contributed by atoms with E-state index in [1.54, 1.807) is 0 Å². The number of alkyl halides is 1. The quantitative estimate of drug-likeness (QED) is 0.859. The minimum Gasteiger partial charge on any atom is -0.494 e. The van der Waals surface area contributed by atoms with Crippen LogP contribution in [0.5, 0.6) is 5.75 Å². The minimum atomic E-state index is -0.633. The SMILES string of the molecule is COc1cc(F)c(-c2cnc(CCl)[nH]2)cc1F. The number of hydrogen-bond acceptors (Lipinski definition) is 2. The number of H-pyrrole nitrogens is 1. The molecule has 3 nitrogen and oxygen atoms in total. The number of hydrogen-bond donors (Lipinski definition) is 1. The van der Waals surface area contributed by atoms with Gasteiger partial charge in [-0.15, -0.1) is 11.6 Å². The van der Waals surface area contributed by atoms with E-state index in [0.29, 0.717) is 11.5 Å². The first-order valence-electron chi connectivity index (χ1n) is 4.79. The van der Waals surface area contributed by atoms with Gasteiger partial charge in [-0.1, -0.05) is 0 Å². The lowest BCUT2D eigenvalue weighted by molar-refractivity contribution is 0.383. The third-order valence-corrected chi connectivity index (χ3v) is 2.54. The van der Waals surface area contributed by atoms with Crippen LogP contribution < -0.4 is 4.74 Å². The molecular formula is C11H9ClF2N2O. The van der Waals surface area contributed by atoms with Gasteiger partial charge in [0, 0.05) is 11.6 Å². The summed E-state index contributed by atoms with van der Waals surface area (Å²) in [4.78, 5) is 6.71. The largest absolute Gasteiger partial charge is 0.494 e. The van der Waals surface area contributed by atoms with Crippen LogP contribution in [0.2, 0.25) is 0 Å². The van der Waals surface area contributed by atoms with Crippen LogP contribution in [0.3, 0.4) is 0 Å². The van der Waals surface area contributed by atoms with E-state index < -0.39 is 11.6 Å². The number of benzene rings is 1. The van der Waals surface area contributed by atoms with Crippen molar-refractivity contribution in [3.8, 4) is 17.0 Å². The van der Waals surface area contributed by atoms with Crippen LogP contribution in [0.1, 0.15) is 5.82 Å². The van der Waals surface area contributed by atoms with Crippen molar-refractivity contribution in [1.82, 2.24) is 9.97 Å². The Morgan fingerprint density at radius 1 is 1.35 bits per heavy atom. The summed E-state index contributed by atoms with van der Waals surface area (Å²) in [6, 6.07) is 2.05. The maximum atomic E-state index is 13.7. The van der Waals surface area contributed by atoms with Gasteiger partial charge in [-0.2, -0.15) is 0 Å². The van der Waals surface area contributed by atoms with Crippen molar-refractivity contribution in [2.24, 2.45) is 0 Å². The van der Waals surface area contributed by atoms with E-state index in [4.69, 9.17) is 11.6 Å². The van der Waals surface area contributed by atoms with Crippen LogP contribution in [-0.4, -0.2) is 17.1 Å². The molecule has 1 aromatic carbocycles. The molecule has 0 bridgehead atoms. The Hall–Kier alpha value is -1.62. The smallest absolute Gasteiger partial charge is 0.165 e. The number of rotatable bonds is 3. The fourth-order valence-electron chi connectivity index (χ4n) is 1.46. The number of halogens is 3. The highest BCUT2D eigenvalue weighted by Crippen LogP contribution is 2.27. The molecule has 2 aromatic rings. The van der Waals surface area contributed by atoms with E-state index >= 15 is 0 Å².